The van der Waals surface area contributed by atoms with E-state index in [-0.39, 0.29) is 24.7 Å². The number of nitrogens with zero attached hydrogens (tertiary/aromatic N) is 1. The van der Waals surface area contributed by atoms with Gasteiger partial charge in [-0.15, -0.1) is 0 Å². The van der Waals surface area contributed by atoms with E-state index in [4.69, 9.17) is 27.9 Å². The average molecular weight is 444 g/mol. The first kappa shape index (κ1) is 21.6. The number of carbonyl (C=O) groups excluding carboxylic acids is 2. The second-order valence-electron chi connectivity index (χ2n) is 6.37. The van der Waals surface area contributed by atoms with Crippen LogP contribution in [0.5, 0.6) is 5.75 Å². The maximum Gasteiger partial charge on any atom is 0.240 e. The van der Waals surface area contributed by atoms with Crippen LogP contribution in [0.25, 0.3) is 10.8 Å². The Balaban J connectivity index is 1.56. The molecule has 0 aliphatic heterocycles. The molecule has 0 heterocycles. The predicted molar refractivity (Wildman–Crippen MR) is 121 cm³/mol. The highest BCUT2D eigenvalue weighted by atomic mass is 35.5. The molecule has 2 N–H and O–H groups in total. The van der Waals surface area contributed by atoms with Crippen molar-refractivity contribution in [3.05, 3.63) is 70.2 Å². The quantitative estimate of drug-likeness (QED) is 0.397. The molecule has 6 nitrogen and oxygen atoms in total. The Hall–Kier alpha value is -3.09. The molecule has 0 saturated heterocycles. The van der Waals surface area contributed by atoms with E-state index in [1.807, 2.05) is 36.4 Å². The van der Waals surface area contributed by atoms with Crippen LogP contribution in [-0.4, -0.2) is 25.1 Å². The van der Waals surface area contributed by atoms with Crippen LogP contribution in [0.4, 0.5) is 5.69 Å². The number of hydrazone groups is 1. The minimum atomic E-state index is -0.386. The first-order valence-corrected chi connectivity index (χ1v) is 9.86. The third-order valence-corrected chi connectivity index (χ3v) is 4.87. The Morgan fingerprint density at radius 1 is 1.03 bits per heavy atom. The number of hydrogen-bond donors (Lipinski definition) is 2. The molecule has 3 rings (SSSR count). The van der Waals surface area contributed by atoms with Crippen molar-refractivity contribution in [2.24, 2.45) is 5.10 Å². The Labute approximate surface area is 183 Å². The summed E-state index contributed by atoms with van der Waals surface area (Å²) >= 11 is 11.9. The van der Waals surface area contributed by atoms with Crippen molar-refractivity contribution in [1.82, 2.24) is 5.43 Å². The second-order valence-corrected chi connectivity index (χ2v) is 7.21. The summed E-state index contributed by atoms with van der Waals surface area (Å²) < 4.78 is 5.39. The van der Waals surface area contributed by atoms with Gasteiger partial charge in [-0.3, -0.25) is 9.59 Å². The Kier molecular flexibility index (Phi) is 7.27. The molecule has 154 valence electrons. The van der Waals surface area contributed by atoms with E-state index in [9.17, 15) is 9.59 Å². The van der Waals surface area contributed by atoms with Gasteiger partial charge in [-0.05, 0) is 35.0 Å². The molecule has 0 bridgehead atoms. The number of fused-ring (bicyclic) bond motifs is 1. The normalized spacial score (nSPS) is 10.9. The van der Waals surface area contributed by atoms with Crippen LogP contribution in [0.1, 0.15) is 18.4 Å². The molecule has 0 atom stereocenters. The van der Waals surface area contributed by atoms with Gasteiger partial charge in [-0.25, -0.2) is 5.43 Å². The lowest BCUT2D eigenvalue weighted by molar-refractivity contribution is -0.124. The monoisotopic (exact) mass is 443 g/mol. The number of ether oxygens (including phenoxy) is 1. The molecule has 8 heteroatoms. The number of benzene rings is 3. The fourth-order valence-corrected chi connectivity index (χ4v) is 3.30. The van der Waals surface area contributed by atoms with Gasteiger partial charge in [0.05, 0.1) is 24.0 Å². The number of halogens is 2. The summed E-state index contributed by atoms with van der Waals surface area (Å²) in [5, 5.41) is 9.44. The van der Waals surface area contributed by atoms with Gasteiger partial charge in [-0.1, -0.05) is 53.5 Å². The van der Waals surface area contributed by atoms with Gasteiger partial charge in [-0.2, -0.15) is 5.10 Å². The zero-order valence-corrected chi connectivity index (χ0v) is 17.6. The van der Waals surface area contributed by atoms with Crippen LogP contribution in [0, 0.1) is 0 Å². The maximum atomic E-state index is 12.0. The lowest BCUT2D eigenvalue weighted by atomic mass is 10.0. The number of hydrogen-bond acceptors (Lipinski definition) is 4. The molecule has 0 unspecified atom stereocenters. The van der Waals surface area contributed by atoms with E-state index in [1.165, 1.54) is 12.3 Å². The van der Waals surface area contributed by atoms with Gasteiger partial charge >= 0.3 is 0 Å². The number of anilines is 1. The molecule has 2 amide bonds. The minimum Gasteiger partial charge on any atom is -0.496 e. The summed E-state index contributed by atoms with van der Waals surface area (Å²) in [5.41, 5.74) is 3.63. The standard InChI is InChI=1S/C22H19Cl2N3O3/c1-30-20-9-6-14-4-2-3-5-16(14)17(20)13-25-27-22(29)11-10-21(28)26-19-8-7-15(23)12-18(19)24/h2-9,12-13H,10-11H2,1H3,(H,26,28)(H,27,29)/b25-13+. The highest BCUT2D eigenvalue weighted by molar-refractivity contribution is 6.36. The summed E-state index contributed by atoms with van der Waals surface area (Å²) in [6.07, 6.45) is 1.49. The molecule has 0 saturated carbocycles. The van der Waals surface area contributed by atoms with Gasteiger partial charge in [0.2, 0.25) is 11.8 Å². The van der Waals surface area contributed by atoms with E-state index in [1.54, 1.807) is 19.2 Å². The summed E-state index contributed by atoms with van der Waals surface area (Å²) in [6.45, 7) is 0. The molecule has 0 aromatic heterocycles. The van der Waals surface area contributed by atoms with Crippen LogP contribution in [0.15, 0.2) is 59.7 Å². The maximum absolute atomic E-state index is 12.0. The second kappa shape index (κ2) is 10.1. The largest absolute Gasteiger partial charge is 0.496 e. The molecule has 0 radical (unpaired) electrons. The fraction of sp³-hybridized carbons (Fsp3) is 0.136. The van der Waals surface area contributed by atoms with Crippen molar-refractivity contribution < 1.29 is 14.3 Å². The lowest BCUT2D eigenvalue weighted by Crippen LogP contribution is -2.20. The molecule has 0 spiro atoms. The first-order chi connectivity index (χ1) is 14.5. The number of methoxy groups -OCH3 is 1. The summed E-state index contributed by atoms with van der Waals surface area (Å²) in [7, 11) is 1.57. The molecule has 30 heavy (non-hydrogen) atoms. The molecule has 0 fully saturated rings. The topological polar surface area (TPSA) is 79.8 Å². The molecular weight excluding hydrogens is 425 g/mol. The third kappa shape index (κ3) is 5.49. The molecule has 0 aliphatic rings. The zero-order chi connectivity index (χ0) is 21.5. The van der Waals surface area contributed by atoms with Gasteiger partial charge in [0.25, 0.3) is 0 Å². The van der Waals surface area contributed by atoms with Crippen molar-refractivity contribution in [2.75, 3.05) is 12.4 Å². The number of rotatable bonds is 7. The number of amides is 2. The minimum absolute atomic E-state index is 0.0160. The molecular formula is C22H19Cl2N3O3. The SMILES string of the molecule is COc1ccc2ccccc2c1/C=N/NC(=O)CCC(=O)Nc1ccc(Cl)cc1Cl. The van der Waals surface area contributed by atoms with Crippen LogP contribution < -0.4 is 15.5 Å². The van der Waals surface area contributed by atoms with E-state index < -0.39 is 0 Å². The van der Waals surface area contributed by atoms with E-state index >= 15 is 0 Å². The van der Waals surface area contributed by atoms with Crippen LogP contribution in [0.2, 0.25) is 10.0 Å². The summed E-state index contributed by atoms with van der Waals surface area (Å²) in [6, 6.07) is 16.3. The third-order valence-electron chi connectivity index (χ3n) is 4.32. The van der Waals surface area contributed by atoms with Gasteiger partial charge in [0, 0.05) is 23.4 Å². The Morgan fingerprint density at radius 2 is 1.80 bits per heavy atom. The van der Waals surface area contributed by atoms with Gasteiger partial charge < -0.3 is 10.1 Å². The van der Waals surface area contributed by atoms with E-state index in [0.29, 0.717) is 21.5 Å². The van der Waals surface area contributed by atoms with E-state index in [2.05, 4.69) is 15.8 Å². The van der Waals surface area contributed by atoms with Gasteiger partial charge in [0.1, 0.15) is 5.75 Å². The van der Waals surface area contributed by atoms with Crippen LogP contribution in [0.3, 0.4) is 0 Å². The number of nitrogens with one attached hydrogen (secondary N) is 2. The highest BCUT2D eigenvalue weighted by Crippen LogP contribution is 2.27. The van der Waals surface area contributed by atoms with Crippen molar-refractivity contribution in [2.45, 2.75) is 12.8 Å². The van der Waals surface area contributed by atoms with Gasteiger partial charge in [0.15, 0.2) is 0 Å². The molecule has 3 aromatic carbocycles. The summed E-state index contributed by atoms with van der Waals surface area (Å²) in [5.74, 6) is -0.0807. The first-order valence-electron chi connectivity index (χ1n) is 9.10. The van der Waals surface area contributed by atoms with Crippen molar-refractivity contribution in [3.63, 3.8) is 0 Å². The molecule has 3 aromatic rings. The van der Waals surface area contributed by atoms with Crippen molar-refractivity contribution in [1.29, 1.82) is 0 Å². The Morgan fingerprint density at radius 3 is 2.57 bits per heavy atom. The average Bonchev–Trinajstić information content (AvgIpc) is 2.74. The van der Waals surface area contributed by atoms with Crippen LogP contribution in [-0.2, 0) is 9.59 Å². The van der Waals surface area contributed by atoms with Crippen molar-refractivity contribution in [3.8, 4) is 5.75 Å². The number of carbonyl (C=O) groups is 2. The fourth-order valence-electron chi connectivity index (χ4n) is 2.84. The Bertz CT molecular complexity index is 1120. The zero-order valence-electron chi connectivity index (χ0n) is 16.1. The van der Waals surface area contributed by atoms with Crippen LogP contribution >= 0.6 is 23.2 Å². The smallest absolute Gasteiger partial charge is 0.240 e. The lowest BCUT2D eigenvalue weighted by Gasteiger charge is -2.08. The van der Waals surface area contributed by atoms with E-state index in [0.717, 1.165) is 16.3 Å². The summed E-state index contributed by atoms with van der Waals surface area (Å²) in [4.78, 5) is 24.1. The van der Waals surface area contributed by atoms with Crippen molar-refractivity contribution >= 4 is 57.7 Å². The highest BCUT2D eigenvalue weighted by Gasteiger charge is 2.10. The molecule has 0 aliphatic carbocycles. The predicted octanol–water partition coefficient (Wildman–Crippen LogP) is 5.02.